The van der Waals surface area contributed by atoms with Crippen LogP contribution in [0.5, 0.6) is 0 Å². The van der Waals surface area contributed by atoms with Crippen molar-refractivity contribution in [3.8, 4) is 0 Å². The largest absolute Gasteiger partial charge is 0.209 e. The van der Waals surface area contributed by atoms with Gasteiger partial charge in [0.05, 0.1) is 0 Å². The Morgan fingerprint density at radius 1 is 1.83 bits per heavy atom. The molecule has 3 heteroatoms. The molecule has 0 amide bonds. The second-order valence-electron chi connectivity index (χ2n) is 0.853. The molecule has 0 spiro atoms. The summed E-state index contributed by atoms with van der Waals surface area (Å²) >= 11 is 0. The third-order valence-corrected chi connectivity index (χ3v) is 0.334. The van der Waals surface area contributed by atoms with Gasteiger partial charge in [0.25, 0.3) is 0 Å². The maximum absolute atomic E-state index is 11.2. The van der Waals surface area contributed by atoms with Crippen molar-refractivity contribution in [3.63, 3.8) is 0 Å². The summed E-state index contributed by atoms with van der Waals surface area (Å²) in [4.78, 5) is 0. The molecule has 0 rings (SSSR count). The molecular formula is C3H5F2N. The quantitative estimate of drug-likeness (QED) is 0.348. The predicted molar refractivity (Wildman–Crippen MR) is 19.1 cm³/mol. The summed E-state index contributed by atoms with van der Waals surface area (Å²) in [5.74, 6) is -1.07. The van der Waals surface area contributed by atoms with Crippen LogP contribution in [0.15, 0.2) is 12.5 Å². The lowest BCUT2D eigenvalue weighted by atomic mass is 10.9. The van der Waals surface area contributed by atoms with Crippen molar-refractivity contribution in [1.29, 1.82) is 0 Å². The van der Waals surface area contributed by atoms with Gasteiger partial charge in [-0.2, -0.15) is 9.51 Å². The molecule has 0 aromatic rings. The minimum Gasteiger partial charge on any atom is -0.188 e. The van der Waals surface area contributed by atoms with Crippen LogP contribution in [0.3, 0.4) is 0 Å². The predicted octanol–water partition coefficient (Wildman–Crippen LogP) is 1.24. The summed E-state index contributed by atoms with van der Waals surface area (Å²) in [6.45, 7) is 2.64. The average molecular weight is 93.1 g/mol. The van der Waals surface area contributed by atoms with Crippen LogP contribution >= 0.6 is 0 Å². The SMILES string of the molecule is C=C(F)N(C)F. The van der Waals surface area contributed by atoms with Crippen molar-refractivity contribution in [1.82, 2.24) is 5.12 Å². The van der Waals surface area contributed by atoms with E-state index in [1.807, 2.05) is 0 Å². The van der Waals surface area contributed by atoms with E-state index in [1.165, 1.54) is 0 Å². The lowest BCUT2D eigenvalue weighted by molar-refractivity contribution is 0.0725. The lowest BCUT2D eigenvalue weighted by Gasteiger charge is -1.96. The molecule has 0 radical (unpaired) electrons. The van der Waals surface area contributed by atoms with Crippen LogP contribution in [0.4, 0.5) is 8.87 Å². The van der Waals surface area contributed by atoms with Gasteiger partial charge in [0.1, 0.15) is 0 Å². The van der Waals surface area contributed by atoms with Gasteiger partial charge < -0.3 is 0 Å². The topological polar surface area (TPSA) is 3.24 Å². The summed E-state index contributed by atoms with van der Waals surface area (Å²) < 4.78 is 22.4. The third-order valence-electron chi connectivity index (χ3n) is 0.334. The first-order valence-corrected chi connectivity index (χ1v) is 1.38. The van der Waals surface area contributed by atoms with Crippen LogP contribution in [0.1, 0.15) is 0 Å². The van der Waals surface area contributed by atoms with Crippen LogP contribution in [-0.2, 0) is 0 Å². The highest BCUT2D eigenvalue weighted by atomic mass is 19.2. The van der Waals surface area contributed by atoms with Crippen molar-refractivity contribution in [2.75, 3.05) is 7.05 Å². The van der Waals surface area contributed by atoms with E-state index in [4.69, 9.17) is 0 Å². The average Bonchev–Trinajstić information content (AvgIpc) is 1.36. The molecular weight excluding hydrogens is 88.0 g/mol. The first-order chi connectivity index (χ1) is 2.64. The van der Waals surface area contributed by atoms with E-state index >= 15 is 0 Å². The van der Waals surface area contributed by atoms with Gasteiger partial charge in [-0.25, -0.2) is 0 Å². The Morgan fingerprint density at radius 3 is 2.00 bits per heavy atom. The summed E-state index contributed by atoms with van der Waals surface area (Å²) in [5.41, 5.74) is 0. The van der Waals surface area contributed by atoms with Gasteiger partial charge in [0.15, 0.2) is 0 Å². The fourth-order valence-electron chi connectivity index (χ4n) is 0. The maximum atomic E-state index is 11.2. The highest BCUT2D eigenvalue weighted by Crippen LogP contribution is 1.95. The molecule has 36 valence electrons. The Morgan fingerprint density at radius 2 is 2.00 bits per heavy atom. The number of hydrogen-bond donors (Lipinski definition) is 0. The molecule has 0 N–H and O–H groups in total. The second kappa shape index (κ2) is 1.74. The highest BCUT2D eigenvalue weighted by Gasteiger charge is 1.90. The van der Waals surface area contributed by atoms with E-state index in [2.05, 4.69) is 6.58 Å². The van der Waals surface area contributed by atoms with Crippen LogP contribution in [-0.4, -0.2) is 12.2 Å². The Labute approximate surface area is 34.8 Å². The van der Waals surface area contributed by atoms with Gasteiger partial charge in [-0.15, -0.1) is 0 Å². The molecule has 1 nitrogen and oxygen atoms in total. The zero-order valence-corrected chi connectivity index (χ0v) is 3.41. The molecule has 0 saturated heterocycles. The Balaban J connectivity index is 3.26. The Kier molecular flexibility index (Phi) is 1.57. The first-order valence-electron chi connectivity index (χ1n) is 1.38. The zero-order valence-electron chi connectivity index (χ0n) is 3.41. The van der Waals surface area contributed by atoms with Gasteiger partial charge in [0.2, 0.25) is 5.95 Å². The fourth-order valence-corrected chi connectivity index (χ4v) is 0. The normalized spacial score (nSPS) is 7.83. The van der Waals surface area contributed by atoms with Crippen molar-refractivity contribution < 1.29 is 8.87 Å². The van der Waals surface area contributed by atoms with E-state index in [1.54, 1.807) is 0 Å². The highest BCUT2D eigenvalue weighted by molar-refractivity contribution is 4.70. The van der Waals surface area contributed by atoms with Crippen molar-refractivity contribution in [2.45, 2.75) is 0 Å². The van der Waals surface area contributed by atoms with Crippen LogP contribution < -0.4 is 0 Å². The van der Waals surface area contributed by atoms with Gasteiger partial charge >= 0.3 is 0 Å². The molecule has 0 saturated carbocycles. The van der Waals surface area contributed by atoms with Crippen LogP contribution in [0.25, 0.3) is 0 Å². The van der Waals surface area contributed by atoms with Gasteiger partial charge in [0, 0.05) is 7.05 Å². The molecule has 0 atom stereocenters. The van der Waals surface area contributed by atoms with Crippen molar-refractivity contribution in [2.24, 2.45) is 0 Å². The molecule has 0 aliphatic rings. The van der Waals surface area contributed by atoms with E-state index in [0.717, 1.165) is 7.05 Å². The minimum atomic E-state index is -1.07. The fraction of sp³-hybridized carbons (Fsp3) is 0.333. The standard InChI is InChI=1S/C3H5F2N/c1-3(4)6(2)5/h1H2,2H3. The smallest absolute Gasteiger partial charge is 0.188 e. The molecule has 6 heavy (non-hydrogen) atoms. The second-order valence-corrected chi connectivity index (χ2v) is 0.853. The first kappa shape index (κ1) is 5.40. The molecule has 0 unspecified atom stereocenters. The molecule has 0 heterocycles. The van der Waals surface area contributed by atoms with Gasteiger partial charge in [-0.05, 0) is 6.58 Å². The number of nitrogens with zero attached hydrogens (tertiary/aromatic N) is 1. The van der Waals surface area contributed by atoms with E-state index in [-0.39, 0.29) is 5.12 Å². The summed E-state index contributed by atoms with van der Waals surface area (Å²) in [6, 6.07) is 0. The summed E-state index contributed by atoms with van der Waals surface area (Å²) in [7, 11) is 0.933. The van der Waals surface area contributed by atoms with E-state index < -0.39 is 5.95 Å². The molecule has 0 aromatic carbocycles. The monoisotopic (exact) mass is 93.0 g/mol. The van der Waals surface area contributed by atoms with Gasteiger partial charge in [-0.3, -0.25) is 0 Å². The lowest BCUT2D eigenvalue weighted by Crippen LogP contribution is -1.98. The number of halogens is 2. The third kappa shape index (κ3) is 1.69. The molecule has 0 fully saturated rings. The zero-order chi connectivity index (χ0) is 5.15. The maximum Gasteiger partial charge on any atom is 0.209 e. The van der Waals surface area contributed by atoms with Crippen LogP contribution in [0, 0.1) is 0 Å². The van der Waals surface area contributed by atoms with E-state index in [0.29, 0.717) is 0 Å². The summed E-state index contributed by atoms with van der Waals surface area (Å²) in [5, 5.41) is -0.194. The number of rotatable bonds is 1. The van der Waals surface area contributed by atoms with Crippen molar-refractivity contribution in [3.05, 3.63) is 12.5 Å². The Bertz CT molecular complexity index is 59.8. The molecule has 0 aromatic heterocycles. The molecule has 0 bridgehead atoms. The van der Waals surface area contributed by atoms with Crippen LogP contribution in [0.2, 0.25) is 0 Å². The minimum absolute atomic E-state index is 0.194. The van der Waals surface area contributed by atoms with Crippen molar-refractivity contribution >= 4 is 0 Å². The Hall–Kier alpha value is -0.600. The number of hydrogen-bond acceptors (Lipinski definition) is 1. The summed E-state index contributed by atoms with van der Waals surface area (Å²) in [6.07, 6.45) is 0. The molecule has 0 aliphatic carbocycles. The van der Waals surface area contributed by atoms with E-state index in [9.17, 15) is 8.87 Å². The van der Waals surface area contributed by atoms with Gasteiger partial charge in [-0.1, -0.05) is 4.48 Å². The molecule has 0 aliphatic heterocycles.